The van der Waals surface area contributed by atoms with Crippen molar-refractivity contribution >= 4 is 0 Å². The molecule has 5 heteroatoms. The molecule has 2 rings (SSSR count). The lowest BCUT2D eigenvalue weighted by atomic mass is 9.94. The Kier molecular flexibility index (Phi) is 3.91. The van der Waals surface area contributed by atoms with Gasteiger partial charge in [0.1, 0.15) is 0 Å². The molecule has 1 saturated carbocycles. The number of H-pyrrole nitrogens is 1. The van der Waals surface area contributed by atoms with Gasteiger partial charge in [-0.25, -0.2) is 4.79 Å². The van der Waals surface area contributed by atoms with Gasteiger partial charge in [0, 0.05) is 30.8 Å². The lowest BCUT2D eigenvalue weighted by Gasteiger charge is -2.13. The summed E-state index contributed by atoms with van der Waals surface area (Å²) in [6.45, 7) is 1.76. The van der Waals surface area contributed by atoms with Gasteiger partial charge in [-0.2, -0.15) is 0 Å². The van der Waals surface area contributed by atoms with Crippen molar-refractivity contribution in [2.45, 2.75) is 32.2 Å². The predicted octanol–water partition coefficient (Wildman–Crippen LogP) is 0.428. The van der Waals surface area contributed by atoms with Crippen LogP contribution in [-0.4, -0.2) is 21.3 Å². The van der Waals surface area contributed by atoms with Gasteiger partial charge in [0.25, 0.3) is 5.56 Å². The van der Waals surface area contributed by atoms with Crippen LogP contribution in [-0.2, 0) is 0 Å². The Hall–Kier alpha value is -1.80. The van der Waals surface area contributed by atoms with Gasteiger partial charge in [-0.15, -0.1) is 12.3 Å². The Morgan fingerprint density at radius 2 is 2.16 bits per heavy atom. The predicted molar refractivity (Wildman–Crippen MR) is 71.8 cm³/mol. The van der Waals surface area contributed by atoms with Crippen LogP contribution in [0.4, 0.5) is 0 Å². The van der Waals surface area contributed by atoms with Crippen molar-refractivity contribution in [2.24, 2.45) is 11.8 Å². The minimum Gasteiger partial charge on any atom is -0.396 e. The quantitative estimate of drug-likeness (QED) is 0.776. The van der Waals surface area contributed by atoms with E-state index in [0.717, 1.165) is 6.42 Å². The molecule has 1 heterocycles. The van der Waals surface area contributed by atoms with E-state index in [4.69, 9.17) is 6.42 Å². The van der Waals surface area contributed by atoms with E-state index in [2.05, 4.69) is 10.9 Å². The second-order valence-corrected chi connectivity index (χ2v) is 5.21. The molecule has 1 aromatic heterocycles. The molecule has 0 radical (unpaired) electrons. The summed E-state index contributed by atoms with van der Waals surface area (Å²) in [5.41, 5.74) is -0.225. The second kappa shape index (κ2) is 5.45. The summed E-state index contributed by atoms with van der Waals surface area (Å²) in [7, 11) is 0. The molecular weight excluding hydrogens is 244 g/mol. The smallest absolute Gasteiger partial charge is 0.328 e. The van der Waals surface area contributed by atoms with Crippen LogP contribution in [0.25, 0.3) is 0 Å². The van der Waals surface area contributed by atoms with Crippen LogP contribution in [0.5, 0.6) is 0 Å². The lowest BCUT2D eigenvalue weighted by Crippen LogP contribution is -2.32. The van der Waals surface area contributed by atoms with Crippen LogP contribution >= 0.6 is 0 Å². The van der Waals surface area contributed by atoms with E-state index in [1.807, 2.05) is 0 Å². The zero-order chi connectivity index (χ0) is 14.0. The maximum absolute atomic E-state index is 11.8. The molecule has 3 atom stereocenters. The van der Waals surface area contributed by atoms with Gasteiger partial charge in [-0.05, 0) is 31.6 Å². The van der Waals surface area contributed by atoms with Crippen molar-refractivity contribution < 1.29 is 5.11 Å². The van der Waals surface area contributed by atoms with E-state index >= 15 is 0 Å². The Bertz CT molecular complexity index is 608. The van der Waals surface area contributed by atoms with Crippen LogP contribution in [0, 0.1) is 31.1 Å². The Labute approximate surface area is 111 Å². The molecule has 102 valence electrons. The molecule has 0 unspecified atom stereocenters. The first-order valence-electron chi connectivity index (χ1n) is 6.43. The number of aromatic nitrogens is 2. The Balaban J connectivity index is 2.30. The fourth-order valence-electron chi connectivity index (χ4n) is 2.89. The normalized spacial score (nSPS) is 26.3. The largest absolute Gasteiger partial charge is 0.396 e. The van der Waals surface area contributed by atoms with Crippen molar-refractivity contribution in [1.29, 1.82) is 0 Å². The van der Waals surface area contributed by atoms with E-state index in [1.54, 1.807) is 17.7 Å². The average Bonchev–Trinajstić information content (AvgIpc) is 2.77. The van der Waals surface area contributed by atoms with Crippen molar-refractivity contribution in [3.8, 4) is 12.3 Å². The first-order valence-corrected chi connectivity index (χ1v) is 6.43. The molecule has 0 aliphatic heterocycles. The number of aromatic amines is 1. The van der Waals surface area contributed by atoms with Crippen LogP contribution in [0.3, 0.4) is 0 Å². The molecule has 5 nitrogen and oxygen atoms in total. The van der Waals surface area contributed by atoms with Gasteiger partial charge in [-0.1, -0.05) is 0 Å². The number of hydrogen-bond donors (Lipinski definition) is 2. The SMILES string of the molecule is C#CC[C@H]1C[C@H](n2cc(C)c(=O)[nH]c2=O)C[C@@H]1CO. The molecule has 1 aromatic rings. The highest BCUT2D eigenvalue weighted by molar-refractivity contribution is 5.03. The highest BCUT2D eigenvalue weighted by Crippen LogP contribution is 2.40. The number of aliphatic hydroxyl groups excluding tert-OH is 1. The maximum Gasteiger partial charge on any atom is 0.328 e. The molecule has 0 amide bonds. The Morgan fingerprint density at radius 1 is 1.47 bits per heavy atom. The van der Waals surface area contributed by atoms with E-state index in [0.29, 0.717) is 18.4 Å². The van der Waals surface area contributed by atoms with Gasteiger partial charge in [0.05, 0.1) is 0 Å². The molecule has 1 fully saturated rings. The molecular formula is C14H18N2O3. The summed E-state index contributed by atoms with van der Waals surface area (Å²) < 4.78 is 1.57. The van der Waals surface area contributed by atoms with E-state index < -0.39 is 5.69 Å². The van der Waals surface area contributed by atoms with E-state index in [1.165, 1.54) is 0 Å². The number of terminal acetylenes is 1. The fraction of sp³-hybridized carbons (Fsp3) is 0.571. The average molecular weight is 262 g/mol. The second-order valence-electron chi connectivity index (χ2n) is 5.21. The van der Waals surface area contributed by atoms with Gasteiger partial charge in [-0.3, -0.25) is 14.3 Å². The van der Waals surface area contributed by atoms with Crippen LogP contribution in [0.2, 0.25) is 0 Å². The third kappa shape index (κ3) is 2.64. The maximum atomic E-state index is 11.8. The minimum absolute atomic E-state index is 0.00134. The number of hydrogen-bond acceptors (Lipinski definition) is 3. The van der Waals surface area contributed by atoms with Gasteiger partial charge in [0.15, 0.2) is 0 Å². The van der Waals surface area contributed by atoms with Crippen molar-refractivity contribution in [3.63, 3.8) is 0 Å². The molecule has 0 bridgehead atoms. The zero-order valence-electron chi connectivity index (χ0n) is 10.9. The fourth-order valence-corrected chi connectivity index (χ4v) is 2.89. The molecule has 19 heavy (non-hydrogen) atoms. The van der Waals surface area contributed by atoms with Crippen molar-refractivity contribution in [2.75, 3.05) is 6.61 Å². The molecule has 0 aromatic carbocycles. The highest BCUT2D eigenvalue weighted by atomic mass is 16.3. The van der Waals surface area contributed by atoms with Gasteiger partial charge < -0.3 is 5.11 Å². The Morgan fingerprint density at radius 3 is 2.79 bits per heavy atom. The molecule has 1 aliphatic rings. The highest BCUT2D eigenvalue weighted by Gasteiger charge is 2.34. The van der Waals surface area contributed by atoms with Crippen LogP contribution < -0.4 is 11.2 Å². The van der Waals surface area contributed by atoms with E-state index in [-0.39, 0.29) is 30.0 Å². The molecule has 0 spiro atoms. The number of nitrogens with one attached hydrogen (secondary N) is 1. The number of nitrogens with zero attached hydrogens (tertiary/aromatic N) is 1. The third-order valence-electron chi connectivity index (χ3n) is 3.97. The van der Waals surface area contributed by atoms with Crippen LogP contribution in [0.15, 0.2) is 15.8 Å². The summed E-state index contributed by atoms with van der Waals surface area (Å²) in [5.74, 6) is 2.99. The minimum atomic E-state index is -0.390. The van der Waals surface area contributed by atoms with Crippen LogP contribution in [0.1, 0.15) is 30.9 Å². The number of aryl methyl sites for hydroxylation is 1. The topological polar surface area (TPSA) is 75.1 Å². The lowest BCUT2D eigenvalue weighted by molar-refractivity contribution is 0.195. The monoisotopic (exact) mass is 262 g/mol. The summed E-state index contributed by atoms with van der Waals surface area (Å²) in [6.07, 6.45) is 9.02. The number of aliphatic hydroxyl groups is 1. The first kappa shape index (κ1) is 13.6. The molecule has 2 N–H and O–H groups in total. The van der Waals surface area contributed by atoms with Crippen molar-refractivity contribution in [1.82, 2.24) is 9.55 Å². The van der Waals surface area contributed by atoms with Crippen molar-refractivity contribution in [3.05, 3.63) is 32.6 Å². The third-order valence-corrected chi connectivity index (χ3v) is 3.97. The molecule has 0 saturated heterocycles. The number of rotatable bonds is 3. The summed E-state index contributed by atoms with van der Waals surface area (Å²) in [4.78, 5) is 25.5. The first-order chi connectivity index (χ1) is 9.06. The summed E-state index contributed by atoms with van der Waals surface area (Å²) in [6, 6.07) is -0.00134. The molecule has 1 aliphatic carbocycles. The van der Waals surface area contributed by atoms with Gasteiger partial charge >= 0.3 is 5.69 Å². The van der Waals surface area contributed by atoms with E-state index in [9.17, 15) is 14.7 Å². The van der Waals surface area contributed by atoms with Gasteiger partial charge in [0.2, 0.25) is 0 Å². The summed E-state index contributed by atoms with van der Waals surface area (Å²) in [5, 5.41) is 9.38. The standard InChI is InChI=1S/C14H18N2O3/c1-3-4-10-5-12(6-11(10)8-17)16-7-9(2)13(18)15-14(16)19/h1,7,10-12,17H,4-6,8H2,2H3,(H,15,18,19)/t10-,11+,12-/m0/s1. The zero-order valence-corrected chi connectivity index (χ0v) is 10.9. The summed E-state index contributed by atoms with van der Waals surface area (Å²) >= 11 is 0.